The average molecular weight is 377 g/mol. The zero-order valence-electron chi connectivity index (χ0n) is 13.3. The molecule has 1 N–H and O–H groups in total. The Hall–Kier alpha value is -2.55. The lowest BCUT2D eigenvalue weighted by molar-refractivity contribution is -0.376. The van der Waals surface area contributed by atoms with E-state index >= 15 is 0 Å². The molecule has 3 nitrogen and oxygen atoms in total. The van der Waals surface area contributed by atoms with Gasteiger partial charge in [-0.15, -0.1) is 0 Å². The Bertz CT molecular complexity index is 753. The van der Waals surface area contributed by atoms with Crippen molar-refractivity contribution in [2.45, 2.75) is 18.0 Å². The van der Waals surface area contributed by atoms with E-state index < -0.39 is 23.5 Å². The zero-order chi connectivity index (χ0) is 19.6. The van der Waals surface area contributed by atoms with E-state index in [1.165, 1.54) is 7.11 Å². The number of alkyl halides is 6. The molecule has 0 aliphatic rings. The molecule has 0 bridgehead atoms. The van der Waals surface area contributed by atoms with E-state index in [9.17, 15) is 31.4 Å². The maximum Gasteiger partial charge on any atom is 0.430 e. The first-order valence-corrected chi connectivity index (χ1v) is 7.15. The van der Waals surface area contributed by atoms with Crippen LogP contribution in [0.2, 0.25) is 0 Å². The number of hydrogen-bond acceptors (Lipinski definition) is 3. The lowest BCUT2D eigenvalue weighted by atomic mass is 9.90. The molecule has 0 aliphatic heterocycles. The summed E-state index contributed by atoms with van der Waals surface area (Å²) in [6, 6.07) is 11.5. The first-order valence-electron chi connectivity index (χ1n) is 7.15. The van der Waals surface area contributed by atoms with Gasteiger partial charge in [-0.05, 0) is 0 Å². The van der Waals surface area contributed by atoms with Crippen LogP contribution in [0.1, 0.15) is 16.7 Å². The number of aliphatic hydroxyl groups is 1. The van der Waals surface area contributed by atoms with Crippen molar-refractivity contribution >= 4 is 5.71 Å². The standard InChI is InChI=1S/C17H13F6NO2/c1-26-24-14(11-5-3-2-4-6-11)12-7-9-13(10-8-12)15(25,16(18,19)20)17(21,22)23/h2-10,25H,1H3. The van der Waals surface area contributed by atoms with Gasteiger partial charge in [-0.25, -0.2) is 0 Å². The maximum absolute atomic E-state index is 12.9. The van der Waals surface area contributed by atoms with Crippen molar-refractivity contribution in [1.29, 1.82) is 0 Å². The largest absolute Gasteiger partial charge is 0.430 e. The van der Waals surface area contributed by atoms with Gasteiger partial charge in [0.15, 0.2) is 0 Å². The molecule has 0 aromatic heterocycles. The Labute approximate surface area is 144 Å². The molecule has 0 amide bonds. The second kappa shape index (κ2) is 6.99. The van der Waals surface area contributed by atoms with Crippen molar-refractivity contribution in [2.24, 2.45) is 5.16 Å². The van der Waals surface area contributed by atoms with Crippen LogP contribution < -0.4 is 0 Å². The number of oxime groups is 1. The molecule has 0 saturated heterocycles. The number of hydrogen-bond donors (Lipinski definition) is 1. The highest BCUT2D eigenvalue weighted by Gasteiger charge is 2.71. The van der Waals surface area contributed by atoms with Gasteiger partial charge in [0.05, 0.1) is 0 Å². The second-order valence-electron chi connectivity index (χ2n) is 5.27. The number of benzene rings is 2. The highest BCUT2D eigenvalue weighted by molar-refractivity contribution is 6.12. The van der Waals surface area contributed by atoms with Gasteiger partial charge in [0, 0.05) is 16.7 Å². The number of rotatable bonds is 4. The van der Waals surface area contributed by atoms with Crippen molar-refractivity contribution in [3.05, 3.63) is 71.3 Å². The molecule has 0 radical (unpaired) electrons. The Morgan fingerprint density at radius 2 is 1.27 bits per heavy atom. The minimum Gasteiger partial charge on any atom is -0.399 e. The Balaban J connectivity index is 2.51. The predicted octanol–water partition coefficient (Wildman–Crippen LogP) is 4.40. The van der Waals surface area contributed by atoms with E-state index in [-0.39, 0.29) is 11.3 Å². The second-order valence-corrected chi connectivity index (χ2v) is 5.27. The van der Waals surface area contributed by atoms with Crippen LogP contribution >= 0.6 is 0 Å². The molecule has 0 spiro atoms. The number of nitrogens with zero attached hydrogens (tertiary/aromatic N) is 1. The summed E-state index contributed by atoms with van der Waals surface area (Å²) >= 11 is 0. The zero-order valence-corrected chi connectivity index (χ0v) is 13.3. The van der Waals surface area contributed by atoms with Crippen molar-refractivity contribution < 1.29 is 36.3 Å². The molecule has 26 heavy (non-hydrogen) atoms. The first kappa shape index (κ1) is 19.8. The summed E-state index contributed by atoms with van der Waals surface area (Å²) in [4.78, 5) is 4.70. The molecule has 2 rings (SSSR count). The third kappa shape index (κ3) is 3.52. The molecule has 2 aromatic carbocycles. The Morgan fingerprint density at radius 1 is 0.808 bits per heavy atom. The summed E-state index contributed by atoms with van der Waals surface area (Å²) in [7, 11) is 1.25. The molecular formula is C17H13F6NO2. The van der Waals surface area contributed by atoms with Gasteiger partial charge in [0.1, 0.15) is 12.8 Å². The van der Waals surface area contributed by atoms with Gasteiger partial charge in [-0.1, -0.05) is 59.8 Å². The van der Waals surface area contributed by atoms with Crippen LogP contribution in [0.4, 0.5) is 26.3 Å². The van der Waals surface area contributed by atoms with E-state index in [4.69, 9.17) is 4.84 Å². The van der Waals surface area contributed by atoms with E-state index in [2.05, 4.69) is 5.16 Å². The van der Waals surface area contributed by atoms with E-state index in [1.807, 2.05) is 0 Å². The third-order valence-electron chi connectivity index (χ3n) is 3.63. The molecule has 0 aliphatic carbocycles. The van der Waals surface area contributed by atoms with Crippen molar-refractivity contribution in [3.8, 4) is 0 Å². The smallest absolute Gasteiger partial charge is 0.399 e. The third-order valence-corrected chi connectivity index (χ3v) is 3.63. The summed E-state index contributed by atoms with van der Waals surface area (Å²) < 4.78 is 77.5. The molecule has 9 heteroatoms. The summed E-state index contributed by atoms with van der Waals surface area (Å²) in [6.07, 6.45) is -11.9. The van der Waals surface area contributed by atoms with Gasteiger partial charge in [0.2, 0.25) is 0 Å². The van der Waals surface area contributed by atoms with E-state index in [0.29, 0.717) is 17.7 Å². The minimum absolute atomic E-state index is 0.210. The van der Waals surface area contributed by atoms with Gasteiger partial charge >= 0.3 is 12.4 Å². The van der Waals surface area contributed by atoms with Gasteiger partial charge < -0.3 is 9.94 Å². The predicted molar refractivity (Wildman–Crippen MR) is 81.5 cm³/mol. The summed E-state index contributed by atoms with van der Waals surface area (Å²) in [6.45, 7) is 0. The average Bonchev–Trinajstić information content (AvgIpc) is 2.58. The molecule has 0 fully saturated rings. The van der Waals surface area contributed by atoms with Gasteiger partial charge in [-0.3, -0.25) is 0 Å². The lowest BCUT2D eigenvalue weighted by Gasteiger charge is -2.32. The van der Waals surface area contributed by atoms with Crippen LogP contribution in [0.3, 0.4) is 0 Å². The fourth-order valence-corrected chi connectivity index (χ4v) is 2.32. The summed E-state index contributed by atoms with van der Waals surface area (Å²) in [5, 5.41) is 13.2. The topological polar surface area (TPSA) is 41.8 Å². The van der Waals surface area contributed by atoms with Crippen LogP contribution in [-0.4, -0.2) is 30.3 Å². The Kier molecular flexibility index (Phi) is 5.31. The molecular weight excluding hydrogens is 364 g/mol. The highest BCUT2D eigenvalue weighted by Crippen LogP contribution is 2.49. The van der Waals surface area contributed by atoms with E-state index in [1.54, 1.807) is 30.3 Å². The summed E-state index contributed by atoms with van der Waals surface area (Å²) in [5.74, 6) is 0. The van der Waals surface area contributed by atoms with Crippen LogP contribution in [0, 0.1) is 0 Å². The van der Waals surface area contributed by atoms with E-state index in [0.717, 1.165) is 12.1 Å². The SMILES string of the molecule is CON=C(c1ccccc1)c1ccc(C(O)(C(F)(F)F)C(F)(F)F)cc1. The van der Waals surface area contributed by atoms with Gasteiger partial charge in [0.25, 0.3) is 5.60 Å². The normalized spacial score (nSPS) is 13.6. The van der Waals surface area contributed by atoms with Crippen molar-refractivity contribution in [2.75, 3.05) is 7.11 Å². The molecule has 140 valence electrons. The minimum atomic E-state index is -5.93. The molecule has 0 saturated carbocycles. The maximum atomic E-state index is 12.9. The lowest BCUT2D eigenvalue weighted by Crippen LogP contribution is -2.53. The number of halogens is 6. The molecule has 0 heterocycles. The van der Waals surface area contributed by atoms with Gasteiger partial charge in [-0.2, -0.15) is 26.3 Å². The highest BCUT2D eigenvalue weighted by atomic mass is 19.4. The van der Waals surface area contributed by atoms with Crippen molar-refractivity contribution in [1.82, 2.24) is 0 Å². The molecule has 0 unspecified atom stereocenters. The van der Waals surface area contributed by atoms with Crippen LogP contribution in [-0.2, 0) is 10.4 Å². The van der Waals surface area contributed by atoms with Crippen LogP contribution in [0.25, 0.3) is 0 Å². The Morgan fingerprint density at radius 3 is 1.69 bits per heavy atom. The monoisotopic (exact) mass is 377 g/mol. The van der Waals surface area contributed by atoms with Crippen LogP contribution in [0.15, 0.2) is 59.8 Å². The first-order chi connectivity index (χ1) is 12.0. The molecule has 0 atom stereocenters. The van der Waals surface area contributed by atoms with Crippen LogP contribution in [0.5, 0.6) is 0 Å². The quantitative estimate of drug-likeness (QED) is 0.488. The fraction of sp³-hybridized carbons (Fsp3) is 0.235. The van der Waals surface area contributed by atoms with Crippen molar-refractivity contribution in [3.63, 3.8) is 0 Å². The molecule has 2 aromatic rings. The fourth-order valence-electron chi connectivity index (χ4n) is 2.32. The summed E-state index contributed by atoms with van der Waals surface area (Å²) in [5.41, 5.74) is -5.34.